The van der Waals surface area contributed by atoms with E-state index in [1.165, 1.54) is 12.0 Å². The van der Waals surface area contributed by atoms with Gasteiger partial charge in [0.15, 0.2) is 0 Å². The fourth-order valence-corrected chi connectivity index (χ4v) is 2.52. The predicted molar refractivity (Wildman–Crippen MR) is 81.0 cm³/mol. The van der Waals surface area contributed by atoms with Crippen LogP contribution in [0.1, 0.15) is 53.0 Å². The number of benzene rings is 1. The van der Waals surface area contributed by atoms with Crippen LogP contribution in [0.25, 0.3) is 0 Å². The predicted octanol–water partition coefficient (Wildman–Crippen LogP) is 4.52. The lowest BCUT2D eigenvalue weighted by Gasteiger charge is -2.36. The molecule has 0 aliphatic carbocycles. The summed E-state index contributed by atoms with van der Waals surface area (Å²) in [6, 6.07) is 7.28. The summed E-state index contributed by atoms with van der Waals surface area (Å²) in [5.74, 6) is -0.171. The van der Waals surface area contributed by atoms with Gasteiger partial charge in [-0.25, -0.2) is 4.39 Å². The van der Waals surface area contributed by atoms with Crippen LogP contribution in [-0.2, 0) is 5.41 Å². The first kappa shape index (κ1) is 16.2. The first-order chi connectivity index (χ1) is 8.66. The van der Waals surface area contributed by atoms with Crippen LogP contribution in [0.4, 0.5) is 4.39 Å². The minimum Gasteiger partial charge on any atom is -0.316 e. The molecule has 2 heteroatoms. The Morgan fingerprint density at radius 1 is 1.05 bits per heavy atom. The molecule has 0 saturated carbocycles. The standard InChI is InChI=1S/C17H28FN/c1-16(2,3)12-11-15(19-6)17(4,5)13-7-9-14(18)10-8-13/h7-10,15,19H,11-12H2,1-6H3. The molecule has 0 aliphatic heterocycles. The maximum atomic E-state index is 13.0. The van der Waals surface area contributed by atoms with Crippen molar-refractivity contribution in [3.63, 3.8) is 0 Å². The van der Waals surface area contributed by atoms with E-state index in [0.29, 0.717) is 11.5 Å². The number of nitrogens with one attached hydrogen (secondary N) is 1. The van der Waals surface area contributed by atoms with Gasteiger partial charge in [-0.05, 0) is 43.0 Å². The third-order valence-corrected chi connectivity index (χ3v) is 3.99. The number of halogens is 1. The van der Waals surface area contributed by atoms with Crippen molar-refractivity contribution < 1.29 is 4.39 Å². The van der Waals surface area contributed by atoms with Crippen molar-refractivity contribution in [1.29, 1.82) is 0 Å². The quantitative estimate of drug-likeness (QED) is 0.825. The van der Waals surface area contributed by atoms with Gasteiger partial charge in [0, 0.05) is 11.5 Å². The van der Waals surface area contributed by atoms with Crippen molar-refractivity contribution in [2.24, 2.45) is 5.41 Å². The van der Waals surface area contributed by atoms with E-state index in [1.54, 1.807) is 12.1 Å². The van der Waals surface area contributed by atoms with Crippen LogP contribution in [-0.4, -0.2) is 13.1 Å². The minimum atomic E-state index is -0.171. The highest BCUT2D eigenvalue weighted by Crippen LogP contribution is 2.32. The molecule has 0 aliphatic rings. The summed E-state index contributed by atoms with van der Waals surface area (Å²) in [5.41, 5.74) is 1.52. The third kappa shape index (κ3) is 4.61. The number of hydrogen-bond donors (Lipinski definition) is 1. The molecule has 0 heterocycles. The molecule has 0 saturated heterocycles. The molecule has 1 aromatic rings. The van der Waals surface area contributed by atoms with E-state index >= 15 is 0 Å². The van der Waals surface area contributed by atoms with E-state index in [0.717, 1.165) is 6.42 Å². The van der Waals surface area contributed by atoms with E-state index < -0.39 is 0 Å². The first-order valence-electron chi connectivity index (χ1n) is 7.10. The molecule has 1 N–H and O–H groups in total. The molecular weight excluding hydrogens is 237 g/mol. The van der Waals surface area contributed by atoms with Gasteiger partial charge in [0.25, 0.3) is 0 Å². The number of hydrogen-bond acceptors (Lipinski definition) is 1. The van der Waals surface area contributed by atoms with E-state index in [9.17, 15) is 4.39 Å². The van der Waals surface area contributed by atoms with Gasteiger partial charge < -0.3 is 5.32 Å². The second-order valence-electron chi connectivity index (χ2n) is 7.17. The van der Waals surface area contributed by atoms with Crippen LogP contribution in [0.2, 0.25) is 0 Å². The summed E-state index contributed by atoms with van der Waals surface area (Å²) >= 11 is 0. The summed E-state index contributed by atoms with van der Waals surface area (Å²) in [4.78, 5) is 0. The van der Waals surface area contributed by atoms with Crippen molar-refractivity contribution in [3.05, 3.63) is 35.6 Å². The zero-order valence-corrected chi connectivity index (χ0v) is 13.2. The summed E-state index contributed by atoms with van der Waals surface area (Å²) in [7, 11) is 2.01. The van der Waals surface area contributed by atoms with E-state index in [1.807, 2.05) is 19.2 Å². The van der Waals surface area contributed by atoms with Crippen molar-refractivity contribution in [3.8, 4) is 0 Å². The molecule has 108 valence electrons. The molecule has 1 nitrogen and oxygen atoms in total. The van der Waals surface area contributed by atoms with Crippen molar-refractivity contribution in [2.75, 3.05) is 7.05 Å². The van der Waals surface area contributed by atoms with E-state index in [4.69, 9.17) is 0 Å². The lowest BCUT2D eigenvalue weighted by molar-refractivity contribution is 0.278. The van der Waals surface area contributed by atoms with Crippen LogP contribution in [0.5, 0.6) is 0 Å². The van der Waals surface area contributed by atoms with Crippen LogP contribution in [0.15, 0.2) is 24.3 Å². The maximum Gasteiger partial charge on any atom is 0.123 e. The van der Waals surface area contributed by atoms with Gasteiger partial charge in [0.05, 0.1) is 0 Å². The summed E-state index contributed by atoms with van der Waals surface area (Å²) in [5, 5.41) is 3.43. The highest BCUT2D eigenvalue weighted by molar-refractivity contribution is 5.26. The highest BCUT2D eigenvalue weighted by atomic mass is 19.1. The van der Waals surface area contributed by atoms with Crippen LogP contribution >= 0.6 is 0 Å². The molecule has 1 atom stereocenters. The van der Waals surface area contributed by atoms with Gasteiger partial charge in [-0.2, -0.15) is 0 Å². The van der Waals surface area contributed by atoms with E-state index in [-0.39, 0.29) is 11.2 Å². The monoisotopic (exact) mass is 265 g/mol. The molecule has 1 rings (SSSR count). The molecule has 0 radical (unpaired) electrons. The zero-order valence-electron chi connectivity index (χ0n) is 13.2. The second-order valence-corrected chi connectivity index (χ2v) is 7.17. The normalized spacial score (nSPS) is 14.5. The Bertz CT molecular complexity index is 387. The molecular formula is C17H28FN. The average molecular weight is 265 g/mol. The molecule has 0 spiro atoms. The topological polar surface area (TPSA) is 12.0 Å². The molecule has 0 aromatic heterocycles. The van der Waals surface area contributed by atoms with Crippen molar-refractivity contribution in [2.45, 2.75) is 58.9 Å². The fraction of sp³-hybridized carbons (Fsp3) is 0.647. The van der Waals surface area contributed by atoms with Crippen molar-refractivity contribution >= 4 is 0 Å². The molecule has 1 aromatic carbocycles. The number of rotatable bonds is 5. The Kier molecular flexibility index (Phi) is 5.14. The van der Waals surface area contributed by atoms with Gasteiger partial charge in [-0.1, -0.05) is 46.8 Å². The Morgan fingerprint density at radius 3 is 2.00 bits per heavy atom. The second kappa shape index (κ2) is 6.04. The minimum absolute atomic E-state index is 0.00625. The lowest BCUT2D eigenvalue weighted by Crippen LogP contribution is -2.43. The van der Waals surface area contributed by atoms with Crippen molar-refractivity contribution in [1.82, 2.24) is 5.32 Å². The van der Waals surface area contributed by atoms with Gasteiger partial charge in [-0.3, -0.25) is 0 Å². The largest absolute Gasteiger partial charge is 0.316 e. The van der Waals surface area contributed by atoms with Gasteiger partial charge in [0.1, 0.15) is 5.82 Å². The van der Waals surface area contributed by atoms with E-state index in [2.05, 4.69) is 39.9 Å². The highest BCUT2D eigenvalue weighted by Gasteiger charge is 2.30. The zero-order chi connectivity index (χ0) is 14.7. The van der Waals surface area contributed by atoms with Crippen LogP contribution in [0, 0.1) is 11.2 Å². The Labute approximate surface area is 117 Å². The summed E-state index contributed by atoms with van der Waals surface area (Å²) in [6.45, 7) is 11.3. The summed E-state index contributed by atoms with van der Waals surface area (Å²) < 4.78 is 13.0. The Morgan fingerprint density at radius 2 is 1.58 bits per heavy atom. The molecule has 0 amide bonds. The molecule has 1 unspecified atom stereocenters. The maximum absolute atomic E-state index is 13.0. The van der Waals surface area contributed by atoms with Crippen LogP contribution in [0.3, 0.4) is 0 Å². The smallest absolute Gasteiger partial charge is 0.123 e. The Balaban J connectivity index is 2.85. The SMILES string of the molecule is CNC(CCC(C)(C)C)C(C)(C)c1ccc(F)cc1. The molecule has 19 heavy (non-hydrogen) atoms. The van der Waals surface area contributed by atoms with Gasteiger partial charge in [-0.15, -0.1) is 0 Å². The van der Waals surface area contributed by atoms with Gasteiger partial charge >= 0.3 is 0 Å². The van der Waals surface area contributed by atoms with Crippen LogP contribution < -0.4 is 5.32 Å². The third-order valence-electron chi connectivity index (χ3n) is 3.99. The van der Waals surface area contributed by atoms with Gasteiger partial charge in [0.2, 0.25) is 0 Å². The Hall–Kier alpha value is -0.890. The molecule has 0 bridgehead atoms. The average Bonchev–Trinajstić information content (AvgIpc) is 2.28. The fourth-order valence-electron chi connectivity index (χ4n) is 2.52. The summed E-state index contributed by atoms with van der Waals surface area (Å²) in [6.07, 6.45) is 2.29. The molecule has 0 fully saturated rings. The first-order valence-corrected chi connectivity index (χ1v) is 7.10. The number of likely N-dealkylation sites (N-methyl/N-ethyl adjacent to an activating group) is 1. The lowest BCUT2D eigenvalue weighted by atomic mass is 9.74.